The summed E-state index contributed by atoms with van der Waals surface area (Å²) in [6.45, 7) is 5.32. The molecule has 116 valence electrons. The van der Waals surface area contributed by atoms with Crippen LogP contribution in [-0.4, -0.2) is 40.1 Å². The highest BCUT2D eigenvalue weighted by Gasteiger charge is 2.15. The number of hydrogen-bond donors (Lipinski definition) is 2. The van der Waals surface area contributed by atoms with E-state index in [0.29, 0.717) is 19.6 Å². The molecule has 0 fully saturated rings. The lowest BCUT2D eigenvalue weighted by molar-refractivity contribution is -0.138. The quantitative estimate of drug-likeness (QED) is 0.769. The first-order valence-electron chi connectivity index (χ1n) is 7.20. The van der Waals surface area contributed by atoms with Crippen LogP contribution in [-0.2, 0) is 11.3 Å². The van der Waals surface area contributed by atoms with Gasteiger partial charge in [0.2, 0.25) is 0 Å². The van der Waals surface area contributed by atoms with Crippen molar-refractivity contribution in [3.8, 4) is 0 Å². The fraction of sp³-hybridized carbons (Fsp3) is 0.533. The Bertz CT molecular complexity index is 451. The largest absolute Gasteiger partial charge is 0.481 e. The van der Waals surface area contributed by atoms with E-state index in [1.54, 1.807) is 17.3 Å². The van der Waals surface area contributed by atoms with Crippen LogP contribution in [0.25, 0.3) is 0 Å². The molecule has 0 spiro atoms. The number of carbonyl (C=O) groups is 2. The van der Waals surface area contributed by atoms with E-state index in [2.05, 4.69) is 10.3 Å². The monoisotopic (exact) mass is 293 g/mol. The minimum Gasteiger partial charge on any atom is -0.481 e. The van der Waals surface area contributed by atoms with Gasteiger partial charge in [-0.05, 0) is 30.5 Å². The summed E-state index contributed by atoms with van der Waals surface area (Å²) in [4.78, 5) is 28.5. The molecule has 1 aromatic heterocycles. The van der Waals surface area contributed by atoms with Gasteiger partial charge in [-0.15, -0.1) is 0 Å². The maximum atomic E-state index is 12.1. The Balaban J connectivity index is 2.49. The molecular weight excluding hydrogens is 270 g/mol. The van der Waals surface area contributed by atoms with Gasteiger partial charge in [-0.2, -0.15) is 0 Å². The molecule has 0 bridgehead atoms. The summed E-state index contributed by atoms with van der Waals surface area (Å²) in [5.74, 6) is -0.869. The highest BCUT2D eigenvalue weighted by atomic mass is 16.4. The number of amides is 2. The van der Waals surface area contributed by atoms with Crippen LogP contribution in [0.1, 0.15) is 32.3 Å². The van der Waals surface area contributed by atoms with E-state index in [-0.39, 0.29) is 18.4 Å². The lowest BCUT2D eigenvalue weighted by atomic mass is 10.0. The van der Waals surface area contributed by atoms with Gasteiger partial charge in [-0.3, -0.25) is 9.78 Å². The van der Waals surface area contributed by atoms with Crippen molar-refractivity contribution in [3.63, 3.8) is 0 Å². The maximum Gasteiger partial charge on any atom is 0.317 e. The molecule has 0 saturated carbocycles. The number of nitrogens with zero attached hydrogens (tertiary/aromatic N) is 2. The van der Waals surface area contributed by atoms with E-state index in [0.717, 1.165) is 12.0 Å². The zero-order valence-corrected chi connectivity index (χ0v) is 12.6. The molecule has 2 N–H and O–H groups in total. The van der Waals surface area contributed by atoms with E-state index in [1.807, 2.05) is 26.0 Å². The number of aliphatic carboxylic acids is 1. The van der Waals surface area contributed by atoms with Gasteiger partial charge in [0.05, 0.1) is 0 Å². The van der Waals surface area contributed by atoms with Crippen molar-refractivity contribution in [1.82, 2.24) is 15.2 Å². The van der Waals surface area contributed by atoms with Gasteiger partial charge in [0, 0.05) is 38.4 Å². The van der Waals surface area contributed by atoms with Crippen molar-refractivity contribution in [2.45, 2.75) is 33.2 Å². The molecule has 1 atom stereocenters. The van der Waals surface area contributed by atoms with Crippen LogP contribution in [0.2, 0.25) is 0 Å². The minimum absolute atomic E-state index is 0.0360. The SMILES string of the molecule is CCC(CNC(=O)N(CC)Cc1ccncc1)CC(=O)O. The molecule has 0 aliphatic carbocycles. The van der Waals surface area contributed by atoms with E-state index in [4.69, 9.17) is 5.11 Å². The first-order chi connectivity index (χ1) is 10.1. The van der Waals surface area contributed by atoms with E-state index in [1.165, 1.54) is 0 Å². The molecule has 21 heavy (non-hydrogen) atoms. The van der Waals surface area contributed by atoms with Crippen LogP contribution in [0.3, 0.4) is 0 Å². The Morgan fingerprint density at radius 2 is 2.00 bits per heavy atom. The summed E-state index contributed by atoms with van der Waals surface area (Å²) in [6, 6.07) is 3.57. The second kappa shape index (κ2) is 8.94. The van der Waals surface area contributed by atoms with Gasteiger partial charge in [0.25, 0.3) is 0 Å². The second-order valence-corrected chi connectivity index (χ2v) is 4.93. The van der Waals surface area contributed by atoms with E-state index >= 15 is 0 Å². The molecule has 2 amide bonds. The van der Waals surface area contributed by atoms with Crippen molar-refractivity contribution in [3.05, 3.63) is 30.1 Å². The fourth-order valence-electron chi connectivity index (χ4n) is 1.99. The van der Waals surface area contributed by atoms with Crippen LogP contribution in [0.15, 0.2) is 24.5 Å². The normalized spacial score (nSPS) is 11.7. The summed E-state index contributed by atoms with van der Waals surface area (Å²) >= 11 is 0. The topological polar surface area (TPSA) is 82.5 Å². The Labute approximate surface area is 125 Å². The highest BCUT2D eigenvalue weighted by molar-refractivity contribution is 5.74. The lowest BCUT2D eigenvalue weighted by Crippen LogP contribution is -2.41. The molecule has 0 aliphatic heterocycles. The van der Waals surface area contributed by atoms with Crippen LogP contribution in [0.5, 0.6) is 0 Å². The predicted molar refractivity (Wildman–Crippen MR) is 79.8 cm³/mol. The maximum absolute atomic E-state index is 12.1. The molecule has 1 unspecified atom stereocenters. The van der Waals surface area contributed by atoms with Crippen LogP contribution in [0.4, 0.5) is 4.79 Å². The minimum atomic E-state index is -0.833. The summed E-state index contributed by atoms with van der Waals surface area (Å²) in [5, 5.41) is 11.6. The first kappa shape index (κ1) is 16.9. The third-order valence-electron chi connectivity index (χ3n) is 3.37. The van der Waals surface area contributed by atoms with Gasteiger partial charge in [0.15, 0.2) is 0 Å². The average molecular weight is 293 g/mol. The Morgan fingerprint density at radius 3 is 2.52 bits per heavy atom. The number of pyridine rings is 1. The number of rotatable bonds is 8. The smallest absolute Gasteiger partial charge is 0.317 e. The average Bonchev–Trinajstić information content (AvgIpc) is 2.49. The van der Waals surface area contributed by atoms with Gasteiger partial charge < -0.3 is 15.3 Å². The summed E-state index contributed by atoms with van der Waals surface area (Å²) in [7, 11) is 0. The fourth-order valence-corrected chi connectivity index (χ4v) is 1.99. The van der Waals surface area contributed by atoms with Crippen molar-refractivity contribution < 1.29 is 14.7 Å². The van der Waals surface area contributed by atoms with Gasteiger partial charge in [-0.25, -0.2) is 4.79 Å². The predicted octanol–water partition coefficient (Wildman–Crippen LogP) is 2.11. The Kier molecular flexibility index (Phi) is 7.21. The number of carbonyl (C=O) groups excluding carboxylic acids is 1. The molecule has 1 heterocycles. The summed E-state index contributed by atoms with van der Waals surface area (Å²) in [6.07, 6.45) is 4.19. The molecule has 0 radical (unpaired) electrons. The summed E-state index contributed by atoms with van der Waals surface area (Å²) in [5.41, 5.74) is 1.01. The van der Waals surface area contributed by atoms with E-state index in [9.17, 15) is 9.59 Å². The van der Waals surface area contributed by atoms with Crippen molar-refractivity contribution in [1.29, 1.82) is 0 Å². The highest BCUT2D eigenvalue weighted by Crippen LogP contribution is 2.08. The molecule has 6 heteroatoms. The van der Waals surface area contributed by atoms with Gasteiger partial charge in [0.1, 0.15) is 0 Å². The number of carboxylic acids is 1. The van der Waals surface area contributed by atoms with Gasteiger partial charge >= 0.3 is 12.0 Å². The van der Waals surface area contributed by atoms with E-state index < -0.39 is 5.97 Å². The number of hydrogen-bond acceptors (Lipinski definition) is 3. The second-order valence-electron chi connectivity index (χ2n) is 4.93. The molecule has 1 aromatic rings. The molecule has 6 nitrogen and oxygen atoms in total. The zero-order chi connectivity index (χ0) is 15.7. The van der Waals surface area contributed by atoms with Crippen LogP contribution in [0, 0.1) is 5.92 Å². The Morgan fingerprint density at radius 1 is 1.33 bits per heavy atom. The van der Waals surface area contributed by atoms with Crippen LogP contribution < -0.4 is 5.32 Å². The molecule has 0 aromatic carbocycles. The van der Waals surface area contributed by atoms with Crippen molar-refractivity contribution in [2.75, 3.05) is 13.1 Å². The molecule has 1 rings (SSSR count). The lowest BCUT2D eigenvalue weighted by Gasteiger charge is -2.23. The third kappa shape index (κ3) is 6.25. The Hall–Kier alpha value is -2.11. The van der Waals surface area contributed by atoms with Crippen molar-refractivity contribution in [2.24, 2.45) is 5.92 Å². The van der Waals surface area contributed by atoms with Gasteiger partial charge in [-0.1, -0.05) is 13.3 Å². The summed E-state index contributed by atoms with van der Waals surface area (Å²) < 4.78 is 0. The third-order valence-corrected chi connectivity index (χ3v) is 3.37. The zero-order valence-electron chi connectivity index (χ0n) is 12.6. The number of urea groups is 1. The first-order valence-corrected chi connectivity index (χ1v) is 7.20. The molecular formula is C15H23N3O3. The van der Waals surface area contributed by atoms with Crippen molar-refractivity contribution >= 4 is 12.0 Å². The van der Waals surface area contributed by atoms with Crippen LogP contribution >= 0.6 is 0 Å². The number of carboxylic acid groups (broad SMARTS) is 1. The molecule has 0 saturated heterocycles. The number of nitrogens with one attached hydrogen (secondary N) is 1. The number of aromatic nitrogens is 1. The molecule has 0 aliphatic rings. The standard InChI is InChI=1S/C15H23N3O3/c1-3-12(9-14(19)20)10-17-15(21)18(4-2)11-13-5-7-16-8-6-13/h5-8,12H,3-4,9-11H2,1-2H3,(H,17,21)(H,19,20).